The van der Waals surface area contributed by atoms with E-state index in [0.717, 1.165) is 0 Å². The van der Waals surface area contributed by atoms with Gasteiger partial charge < -0.3 is 20.1 Å². The van der Waals surface area contributed by atoms with Gasteiger partial charge in [0.15, 0.2) is 0 Å². The minimum Gasteiger partial charge on any atom is -0.497 e. The Morgan fingerprint density at radius 2 is 2.07 bits per heavy atom. The Morgan fingerprint density at radius 3 is 2.53 bits per heavy atom. The number of hydrogen-bond donors (Lipinski definition) is 3. The molecule has 0 bridgehead atoms. The lowest BCUT2D eigenvalue weighted by atomic mass is 10.0. The van der Waals surface area contributed by atoms with Gasteiger partial charge in [-0.3, -0.25) is 0 Å². The van der Waals surface area contributed by atoms with Crippen molar-refractivity contribution in [1.29, 1.82) is 0 Å². The molecule has 1 rings (SSSR count). The van der Waals surface area contributed by atoms with Crippen LogP contribution in [0, 0.1) is 0 Å². The fourth-order valence-electron chi connectivity index (χ4n) is 1.18. The molecule has 0 aliphatic heterocycles. The van der Waals surface area contributed by atoms with Crippen LogP contribution in [0.5, 0.6) is 5.75 Å². The predicted molar refractivity (Wildman–Crippen MR) is 58.7 cm³/mol. The third kappa shape index (κ3) is 2.92. The molecule has 0 saturated heterocycles. The maximum atomic E-state index is 9.65. The van der Waals surface area contributed by atoms with Crippen LogP contribution in [-0.2, 0) is 0 Å². The molecule has 5 heteroatoms. The van der Waals surface area contributed by atoms with E-state index in [4.69, 9.17) is 9.84 Å². The monoisotopic (exact) mass is 276 g/mol. The molecule has 0 amide bonds. The average Bonchev–Trinajstić information content (AvgIpc) is 2.26. The summed E-state index contributed by atoms with van der Waals surface area (Å²) >= 11 is 3.25. The van der Waals surface area contributed by atoms with E-state index in [9.17, 15) is 10.2 Å². The number of rotatable bonds is 4. The first-order valence-corrected chi connectivity index (χ1v) is 5.20. The van der Waals surface area contributed by atoms with E-state index in [1.54, 1.807) is 25.3 Å². The molecule has 84 valence electrons. The van der Waals surface area contributed by atoms with Gasteiger partial charge in [-0.25, -0.2) is 0 Å². The molecule has 0 saturated carbocycles. The van der Waals surface area contributed by atoms with Crippen molar-refractivity contribution >= 4 is 15.9 Å². The second-order valence-electron chi connectivity index (χ2n) is 3.08. The third-order valence-electron chi connectivity index (χ3n) is 2.08. The minimum absolute atomic E-state index is 0.486. The van der Waals surface area contributed by atoms with Crippen molar-refractivity contribution < 1.29 is 20.1 Å². The van der Waals surface area contributed by atoms with Gasteiger partial charge in [0, 0.05) is 4.47 Å². The summed E-state index contributed by atoms with van der Waals surface area (Å²) in [5.41, 5.74) is 0.511. The second kappa shape index (κ2) is 5.46. The van der Waals surface area contributed by atoms with Crippen molar-refractivity contribution in [2.24, 2.45) is 0 Å². The maximum Gasteiger partial charge on any atom is 0.120 e. The zero-order valence-electron chi connectivity index (χ0n) is 8.22. The van der Waals surface area contributed by atoms with E-state index in [1.807, 2.05) is 0 Å². The normalized spacial score (nSPS) is 14.7. The van der Waals surface area contributed by atoms with E-state index in [1.165, 1.54) is 0 Å². The number of methoxy groups -OCH3 is 1. The summed E-state index contributed by atoms with van der Waals surface area (Å²) in [7, 11) is 1.54. The molecule has 0 aliphatic carbocycles. The number of benzene rings is 1. The van der Waals surface area contributed by atoms with E-state index >= 15 is 0 Å². The third-order valence-corrected chi connectivity index (χ3v) is 2.76. The number of ether oxygens (including phenoxy) is 1. The van der Waals surface area contributed by atoms with Crippen LogP contribution in [0.15, 0.2) is 22.7 Å². The summed E-state index contributed by atoms with van der Waals surface area (Å²) in [6.07, 6.45) is -2.30. The zero-order chi connectivity index (χ0) is 11.4. The van der Waals surface area contributed by atoms with Crippen LogP contribution >= 0.6 is 15.9 Å². The molecule has 0 heterocycles. The van der Waals surface area contributed by atoms with Crippen LogP contribution in [0.25, 0.3) is 0 Å². The minimum atomic E-state index is -1.19. The summed E-state index contributed by atoms with van der Waals surface area (Å²) in [5.74, 6) is 0.649. The van der Waals surface area contributed by atoms with Gasteiger partial charge in [0.05, 0.1) is 13.7 Å². The van der Waals surface area contributed by atoms with Gasteiger partial charge in [-0.05, 0) is 17.7 Å². The summed E-state index contributed by atoms with van der Waals surface area (Å²) in [6, 6.07) is 4.99. The molecule has 4 nitrogen and oxygen atoms in total. The van der Waals surface area contributed by atoms with E-state index < -0.39 is 18.8 Å². The van der Waals surface area contributed by atoms with Gasteiger partial charge in [0.2, 0.25) is 0 Å². The molecule has 2 atom stereocenters. The highest BCUT2D eigenvalue weighted by Gasteiger charge is 2.19. The molecule has 1 aromatic rings. The fourth-order valence-corrected chi connectivity index (χ4v) is 1.77. The Balaban J connectivity index is 2.95. The van der Waals surface area contributed by atoms with Crippen LogP contribution in [-0.4, -0.2) is 35.1 Å². The summed E-state index contributed by atoms with van der Waals surface area (Å²) in [5, 5.41) is 27.6. The summed E-state index contributed by atoms with van der Waals surface area (Å²) in [4.78, 5) is 0. The van der Waals surface area contributed by atoms with Crippen molar-refractivity contribution in [2.75, 3.05) is 13.7 Å². The first kappa shape index (κ1) is 12.4. The average molecular weight is 277 g/mol. The molecule has 0 fully saturated rings. The van der Waals surface area contributed by atoms with Crippen LogP contribution in [0.2, 0.25) is 0 Å². The van der Waals surface area contributed by atoms with Crippen LogP contribution in [0.3, 0.4) is 0 Å². The van der Waals surface area contributed by atoms with Crippen molar-refractivity contribution in [3.8, 4) is 5.75 Å². The number of halogens is 1. The Hall–Kier alpha value is -0.620. The van der Waals surface area contributed by atoms with E-state index in [0.29, 0.717) is 15.8 Å². The lowest BCUT2D eigenvalue weighted by Gasteiger charge is -2.17. The molecule has 0 spiro atoms. The van der Waals surface area contributed by atoms with Crippen molar-refractivity contribution in [2.45, 2.75) is 12.2 Å². The largest absolute Gasteiger partial charge is 0.497 e. The topological polar surface area (TPSA) is 69.9 Å². The van der Waals surface area contributed by atoms with Crippen molar-refractivity contribution in [1.82, 2.24) is 0 Å². The fraction of sp³-hybridized carbons (Fsp3) is 0.400. The highest BCUT2D eigenvalue weighted by molar-refractivity contribution is 9.10. The molecule has 1 aromatic carbocycles. The highest BCUT2D eigenvalue weighted by Crippen LogP contribution is 2.29. The molecule has 3 N–H and O–H groups in total. The van der Waals surface area contributed by atoms with Gasteiger partial charge in [-0.2, -0.15) is 0 Å². The Bertz CT molecular complexity index is 329. The van der Waals surface area contributed by atoms with Crippen LogP contribution in [0.4, 0.5) is 0 Å². The Labute approximate surface area is 96.3 Å². The second-order valence-corrected chi connectivity index (χ2v) is 3.94. The first-order chi connectivity index (χ1) is 7.10. The standard InChI is InChI=1S/C10H13BrO4/c1-15-6-2-3-7(8(11)4-6)10(14)9(13)5-12/h2-4,9-10,12-14H,5H2,1H3. The van der Waals surface area contributed by atoms with E-state index in [2.05, 4.69) is 15.9 Å². The van der Waals surface area contributed by atoms with Crippen LogP contribution in [0.1, 0.15) is 11.7 Å². The van der Waals surface area contributed by atoms with Gasteiger partial charge in [0.1, 0.15) is 18.0 Å². The molecular weight excluding hydrogens is 264 g/mol. The zero-order valence-corrected chi connectivity index (χ0v) is 9.81. The van der Waals surface area contributed by atoms with E-state index in [-0.39, 0.29) is 0 Å². The quantitative estimate of drug-likeness (QED) is 0.763. The smallest absolute Gasteiger partial charge is 0.120 e. The predicted octanol–water partition coefficient (Wildman–Crippen LogP) is 0.844. The molecule has 15 heavy (non-hydrogen) atoms. The summed E-state index contributed by atoms with van der Waals surface area (Å²) < 4.78 is 5.62. The number of aliphatic hydroxyl groups excluding tert-OH is 3. The lowest BCUT2D eigenvalue weighted by molar-refractivity contribution is -0.0156. The maximum absolute atomic E-state index is 9.65. The Morgan fingerprint density at radius 1 is 1.40 bits per heavy atom. The Kier molecular flexibility index (Phi) is 4.53. The first-order valence-electron chi connectivity index (χ1n) is 4.40. The van der Waals surface area contributed by atoms with Crippen molar-refractivity contribution in [3.63, 3.8) is 0 Å². The van der Waals surface area contributed by atoms with Crippen LogP contribution < -0.4 is 4.74 Å². The lowest BCUT2D eigenvalue weighted by Crippen LogP contribution is -2.22. The van der Waals surface area contributed by atoms with Gasteiger partial charge in [-0.15, -0.1) is 0 Å². The van der Waals surface area contributed by atoms with Gasteiger partial charge in [0.25, 0.3) is 0 Å². The number of hydrogen-bond acceptors (Lipinski definition) is 4. The molecule has 0 aliphatic rings. The molecule has 0 radical (unpaired) electrons. The van der Waals surface area contributed by atoms with Gasteiger partial charge in [-0.1, -0.05) is 22.0 Å². The SMILES string of the molecule is COc1ccc(C(O)C(O)CO)c(Br)c1. The highest BCUT2D eigenvalue weighted by atomic mass is 79.9. The van der Waals surface area contributed by atoms with Gasteiger partial charge >= 0.3 is 0 Å². The van der Waals surface area contributed by atoms with Crippen molar-refractivity contribution in [3.05, 3.63) is 28.2 Å². The molecule has 2 unspecified atom stereocenters. The molecular formula is C10H13BrO4. The summed E-state index contributed by atoms with van der Waals surface area (Å²) in [6.45, 7) is -0.486. The number of aliphatic hydroxyl groups is 3. The molecule has 0 aromatic heterocycles.